The summed E-state index contributed by atoms with van der Waals surface area (Å²) in [5, 5.41) is 3.74. The Hall–Kier alpha value is -2.03. The second kappa shape index (κ2) is 5.40. The van der Waals surface area contributed by atoms with E-state index in [2.05, 4.69) is 45.5 Å². The molecule has 0 radical (unpaired) electrons. The van der Waals surface area contributed by atoms with E-state index in [1.165, 1.54) is 42.5 Å². The quantitative estimate of drug-likeness (QED) is 0.926. The first-order chi connectivity index (χ1) is 10.4. The lowest BCUT2D eigenvalue weighted by Gasteiger charge is -2.23. The Morgan fingerprint density at radius 2 is 1.90 bits per heavy atom. The van der Waals surface area contributed by atoms with E-state index in [1.54, 1.807) is 0 Å². The molecule has 1 aromatic carbocycles. The zero-order chi connectivity index (χ0) is 14.1. The van der Waals surface area contributed by atoms with Crippen LogP contribution in [-0.4, -0.2) is 18.1 Å². The number of hydrogen-bond donors (Lipinski definition) is 1. The van der Waals surface area contributed by atoms with E-state index in [9.17, 15) is 0 Å². The highest BCUT2D eigenvalue weighted by molar-refractivity contribution is 5.66. The van der Waals surface area contributed by atoms with Crippen LogP contribution in [0.25, 0.3) is 0 Å². The molecule has 3 heteroatoms. The zero-order valence-electron chi connectivity index (χ0n) is 12.3. The third-order valence-electron chi connectivity index (χ3n) is 4.65. The lowest BCUT2D eigenvalue weighted by molar-refractivity contribution is 0.759. The van der Waals surface area contributed by atoms with Gasteiger partial charge in [0.05, 0.1) is 11.7 Å². The van der Waals surface area contributed by atoms with Gasteiger partial charge in [-0.3, -0.25) is 0 Å². The van der Waals surface area contributed by atoms with Gasteiger partial charge in [0.1, 0.15) is 0 Å². The molecule has 3 nitrogen and oxygen atoms in total. The van der Waals surface area contributed by atoms with Gasteiger partial charge < -0.3 is 10.2 Å². The zero-order valence-corrected chi connectivity index (χ0v) is 12.3. The van der Waals surface area contributed by atoms with Crippen LogP contribution in [0.2, 0.25) is 0 Å². The van der Waals surface area contributed by atoms with E-state index in [-0.39, 0.29) is 0 Å². The Balaban J connectivity index is 1.61. The van der Waals surface area contributed by atoms with Crippen molar-refractivity contribution in [1.82, 2.24) is 4.98 Å². The topological polar surface area (TPSA) is 28.2 Å². The first-order valence-corrected chi connectivity index (χ1v) is 7.96. The number of benzene rings is 1. The number of aryl methyl sites for hydroxylation is 1. The van der Waals surface area contributed by atoms with Crippen molar-refractivity contribution in [3.63, 3.8) is 0 Å². The maximum Gasteiger partial charge on any atom is 0.151 e. The smallest absolute Gasteiger partial charge is 0.151 e. The van der Waals surface area contributed by atoms with Crippen LogP contribution < -0.4 is 10.2 Å². The summed E-state index contributed by atoms with van der Waals surface area (Å²) in [6.45, 7) is 2.26. The number of nitrogens with zero attached hydrogens (tertiary/aromatic N) is 2. The van der Waals surface area contributed by atoms with Crippen molar-refractivity contribution < 1.29 is 0 Å². The molecule has 1 fully saturated rings. The molecule has 2 aromatic rings. The van der Waals surface area contributed by atoms with Crippen molar-refractivity contribution in [2.24, 2.45) is 0 Å². The van der Waals surface area contributed by atoms with Gasteiger partial charge in [0.2, 0.25) is 0 Å². The molecular weight excluding hydrogens is 258 g/mol. The van der Waals surface area contributed by atoms with Gasteiger partial charge in [-0.15, -0.1) is 0 Å². The number of nitrogens with one attached hydrogen (secondary N) is 1. The minimum absolute atomic E-state index is 0.423. The Kier molecular flexibility index (Phi) is 3.26. The number of anilines is 2. The van der Waals surface area contributed by atoms with E-state index in [4.69, 9.17) is 0 Å². The van der Waals surface area contributed by atoms with E-state index in [0.29, 0.717) is 6.04 Å². The Morgan fingerprint density at radius 1 is 1.05 bits per heavy atom. The van der Waals surface area contributed by atoms with Crippen LogP contribution in [0.3, 0.4) is 0 Å². The fourth-order valence-electron chi connectivity index (χ4n) is 3.59. The SMILES string of the molecule is c1ccc2c(c1)CCC2Nc1cccnc1N1CCCC1. The molecule has 4 rings (SSSR count). The summed E-state index contributed by atoms with van der Waals surface area (Å²) in [4.78, 5) is 7.03. The molecule has 0 spiro atoms. The van der Waals surface area contributed by atoms with Gasteiger partial charge in [-0.05, 0) is 48.9 Å². The average Bonchev–Trinajstić information content (AvgIpc) is 3.18. The molecule has 2 aliphatic rings. The molecule has 1 aliphatic carbocycles. The largest absolute Gasteiger partial charge is 0.375 e. The molecule has 1 saturated heterocycles. The summed E-state index contributed by atoms with van der Waals surface area (Å²) in [7, 11) is 0. The van der Waals surface area contributed by atoms with Gasteiger partial charge >= 0.3 is 0 Å². The van der Waals surface area contributed by atoms with Crippen molar-refractivity contribution in [3.05, 3.63) is 53.7 Å². The van der Waals surface area contributed by atoms with Gasteiger partial charge in [-0.25, -0.2) is 4.98 Å². The molecule has 0 saturated carbocycles. The van der Waals surface area contributed by atoms with Crippen molar-refractivity contribution in [2.75, 3.05) is 23.3 Å². The average molecular weight is 279 g/mol. The van der Waals surface area contributed by atoms with Crippen molar-refractivity contribution in [1.29, 1.82) is 0 Å². The Morgan fingerprint density at radius 3 is 2.81 bits per heavy atom. The maximum atomic E-state index is 4.62. The van der Waals surface area contributed by atoms with Gasteiger partial charge in [-0.2, -0.15) is 0 Å². The van der Waals surface area contributed by atoms with Crippen molar-refractivity contribution >= 4 is 11.5 Å². The van der Waals surface area contributed by atoms with Crippen LogP contribution >= 0.6 is 0 Å². The molecule has 0 bridgehead atoms. The molecular formula is C18H21N3. The highest BCUT2D eigenvalue weighted by Gasteiger charge is 2.24. The van der Waals surface area contributed by atoms with Gasteiger partial charge in [0.25, 0.3) is 0 Å². The highest BCUT2D eigenvalue weighted by atomic mass is 15.2. The summed E-state index contributed by atoms with van der Waals surface area (Å²) in [6.07, 6.45) is 6.81. The Bertz CT molecular complexity index is 632. The maximum absolute atomic E-state index is 4.62. The number of rotatable bonds is 3. The minimum atomic E-state index is 0.423. The summed E-state index contributed by atoms with van der Waals surface area (Å²) < 4.78 is 0. The summed E-state index contributed by atoms with van der Waals surface area (Å²) in [5.41, 5.74) is 4.12. The van der Waals surface area contributed by atoms with Crippen LogP contribution in [0.15, 0.2) is 42.6 Å². The van der Waals surface area contributed by atoms with Crippen LogP contribution in [-0.2, 0) is 6.42 Å². The van der Waals surface area contributed by atoms with Gasteiger partial charge in [0.15, 0.2) is 5.82 Å². The van der Waals surface area contributed by atoms with Crippen molar-refractivity contribution in [2.45, 2.75) is 31.7 Å². The molecule has 108 valence electrons. The monoisotopic (exact) mass is 279 g/mol. The normalized spacial score (nSPS) is 20.6. The molecule has 21 heavy (non-hydrogen) atoms. The molecule has 0 amide bonds. The molecule has 2 heterocycles. The predicted octanol–water partition coefficient (Wildman–Crippen LogP) is 3.78. The third-order valence-corrected chi connectivity index (χ3v) is 4.65. The minimum Gasteiger partial charge on any atom is -0.375 e. The molecule has 1 atom stereocenters. The van der Waals surface area contributed by atoms with E-state index in [1.807, 2.05) is 12.3 Å². The number of aromatic nitrogens is 1. The van der Waals surface area contributed by atoms with E-state index >= 15 is 0 Å². The standard InChI is InChI=1S/C18H21N3/c1-2-7-15-14(6-1)9-10-16(15)20-17-8-5-11-19-18(17)21-12-3-4-13-21/h1-2,5-8,11,16,20H,3-4,9-10,12-13H2. The second-order valence-corrected chi connectivity index (χ2v) is 6.00. The second-order valence-electron chi connectivity index (χ2n) is 6.00. The lowest BCUT2D eigenvalue weighted by atomic mass is 10.1. The van der Waals surface area contributed by atoms with E-state index in [0.717, 1.165) is 18.9 Å². The summed E-state index contributed by atoms with van der Waals surface area (Å²) >= 11 is 0. The number of hydrogen-bond acceptors (Lipinski definition) is 3. The highest BCUT2D eigenvalue weighted by Crippen LogP contribution is 2.36. The van der Waals surface area contributed by atoms with Crippen LogP contribution in [0.5, 0.6) is 0 Å². The van der Waals surface area contributed by atoms with E-state index < -0.39 is 0 Å². The fraction of sp³-hybridized carbons (Fsp3) is 0.389. The number of pyridine rings is 1. The Labute approximate surface area is 126 Å². The van der Waals surface area contributed by atoms with Gasteiger partial charge in [0, 0.05) is 19.3 Å². The van der Waals surface area contributed by atoms with Crippen molar-refractivity contribution in [3.8, 4) is 0 Å². The summed E-state index contributed by atoms with van der Waals surface area (Å²) in [5.74, 6) is 1.12. The molecule has 1 aromatic heterocycles. The van der Waals surface area contributed by atoms with Crippen LogP contribution in [0.1, 0.15) is 36.4 Å². The lowest BCUT2D eigenvalue weighted by Crippen LogP contribution is -2.21. The molecule has 1 N–H and O–H groups in total. The molecule has 1 aliphatic heterocycles. The predicted molar refractivity (Wildman–Crippen MR) is 86.8 cm³/mol. The van der Waals surface area contributed by atoms with Gasteiger partial charge in [-0.1, -0.05) is 24.3 Å². The first kappa shape index (κ1) is 12.7. The molecule has 1 unspecified atom stereocenters. The fourth-order valence-corrected chi connectivity index (χ4v) is 3.59. The van der Waals surface area contributed by atoms with Crippen LogP contribution in [0.4, 0.5) is 11.5 Å². The third kappa shape index (κ3) is 2.37. The van der Waals surface area contributed by atoms with Crippen LogP contribution in [0, 0.1) is 0 Å². The number of fused-ring (bicyclic) bond motifs is 1. The summed E-state index contributed by atoms with van der Waals surface area (Å²) in [6, 6.07) is 13.4. The first-order valence-electron chi connectivity index (χ1n) is 7.96.